The number of fused-ring (bicyclic) bond motifs is 1. The van der Waals surface area contributed by atoms with Crippen LogP contribution < -0.4 is 16.0 Å². The summed E-state index contributed by atoms with van der Waals surface area (Å²) in [6.45, 7) is 7.72. The minimum absolute atomic E-state index is 0.0870. The first-order valence-corrected chi connectivity index (χ1v) is 12.5. The molecule has 4 rings (SSSR count). The number of carbonyl (C=O) groups is 2. The lowest BCUT2D eigenvalue weighted by Gasteiger charge is -2.19. The summed E-state index contributed by atoms with van der Waals surface area (Å²) in [6.07, 6.45) is 8.52. The van der Waals surface area contributed by atoms with Gasteiger partial charge < -0.3 is 20.9 Å². The van der Waals surface area contributed by atoms with Gasteiger partial charge in [-0.25, -0.2) is 9.97 Å². The molecule has 36 heavy (non-hydrogen) atoms. The van der Waals surface area contributed by atoms with Crippen LogP contribution in [0.4, 0.5) is 11.6 Å². The molecular weight excluding hydrogens is 476 g/mol. The van der Waals surface area contributed by atoms with Gasteiger partial charge >= 0.3 is 0 Å². The zero-order chi connectivity index (χ0) is 25.7. The van der Waals surface area contributed by atoms with Gasteiger partial charge in [0.05, 0.1) is 17.8 Å². The molecular formula is C27H31ClN6O2. The van der Waals surface area contributed by atoms with Crippen molar-refractivity contribution in [2.45, 2.75) is 38.6 Å². The Morgan fingerprint density at radius 2 is 2.11 bits per heavy atom. The summed E-state index contributed by atoms with van der Waals surface area (Å²) in [4.78, 5) is 36.2. The van der Waals surface area contributed by atoms with Crippen molar-refractivity contribution in [2.75, 3.05) is 25.5 Å². The normalized spacial score (nSPS) is 19.6. The van der Waals surface area contributed by atoms with E-state index in [1.165, 1.54) is 12.8 Å². The van der Waals surface area contributed by atoms with E-state index in [4.69, 9.17) is 11.6 Å². The smallest absolute Gasteiger partial charge is 0.251 e. The van der Waals surface area contributed by atoms with Crippen molar-refractivity contribution < 1.29 is 9.59 Å². The number of nitrogens with one attached hydrogen (secondary N) is 3. The van der Waals surface area contributed by atoms with E-state index in [1.54, 1.807) is 30.5 Å². The molecule has 0 radical (unpaired) electrons. The van der Waals surface area contributed by atoms with Gasteiger partial charge in [0.2, 0.25) is 11.9 Å². The average Bonchev–Trinajstić information content (AvgIpc) is 3.23. The first-order chi connectivity index (χ1) is 17.3. The van der Waals surface area contributed by atoms with Gasteiger partial charge in [-0.3, -0.25) is 9.59 Å². The van der Waals surface area contributed by atoms with E-state index in [0.717, 1.165) is 18.7 Å². The van der Waals surface area contributed by atoms with Crippen molar-refractivity contribution in [1.29, 1.82) is 0 Å². The van der Waals surface area contributed by atoms with Crippen LogP contribution in [0.15, 0.2) is 59.9 Å². The quantitative estimate of drug-likeness (QED) is 0.522. The largest absolute Gasteiger partial charge is 0.352 e. The maximum absolute atomic E-state index is 12.5. The number of allylic oxidation sites excluding steroid dienone is 4. The fraction of sp³-hybridized carbons (Fsp3) is 0.333. The Bertz CT molecular complexity index is 1220. The standard InChI is InChI=1S/C27H31ClN6O2/c1-4-20(28)15-23-17(2)25-19(14-24(35)32-23)16-30-27(33-25)31-21-9-7-18(8-10-21)26(36)29-12-11-22-6-5-13-34(22)3/h4,7-10,15-16,22H,2,5-6,11-14H2,1,3H3,(H,29,36)(H,32,35)(H,30,31,33)/b20-4+,23-15+. The summed E-state index contributed by atoms with van der Waals surface area (Å²) in [5, 5.41) is 9.49. The molecule has 9 heteroatoms. The van der Waals surface area contributed by atoms with Crippen molar-refractivity contribution in [2.24, 2.45) is 0 Å². The molecule has 8 nitrogen and oxygen atoms in total. The molecule has 2 amide bonds. The second kappa shape index (κ2) is 11.5. The minimum atomic E-state index is -0.185. The maximum Gasteiger partial charge on any atom is 0.251 e. The minimum Gasteiger partial charge on any atom is -0.352 e. The zero-order valence-electron chi connectivity index (χ0n) is 20.6. The average molecular weight is 507 g/mol. The second-order valence-electron chi connectivity index (χ2n) is 9.03. The summed E-state index contributed by atoms with van der Waals surface area (Å²) in [6, 6.07) is 7.71. The number of anilines is 2. The van der Waals surface area contributed by atoms with Crippen LogP contribution in [0.1, 0.15) is 47.8 Å². The van der Waals surface area contributed by atoms with E-state index in [2.05, 4.69) is 44.4 Å². The molecule has 0 aliphatic carbocycles. The molecule has 2 aliphatic rings. The number of hydrogen-bond acceptors (Lipinski definition) is 6. The van der Waals surface area contributed by atoms with Gasteiger partial charge in [-0.05, 0) is 70.1 Å². The van der Waals surface area contributed by atoms with Crippen molar-refractivity contribution in [3.63, 3.8) is 0 Å². The van der Waals surface area contributed by atoms with Crippen LogP contribution in [0.2, 0.25) is 0 Å². The summed E-state index contributed by atoms with van der Waals surface area (Å²) in [7, 11) is 2.14. The van der Waals surface area contributed by atoms with Crippen LogP contribution in [-0.4, -0.2) is 52.9 Å². The van der Waals surface area contributed by atoms with Gasteiger partial charge in [-0.15, -0.1) is 0 Å². The fourth-order valence-electron chi connectivity index (χ4n) is 4.40. The molecule has 2 aliphatic heterocycles. The molecule has 1 fully saturated rings. The number of amides is 2. The van der Waals surface area contributed by atoms with Gasteiger partial charge in [-0.1, -0.05) is 24.3 Å². The molecule has 1 atom stereocenters. The molecule has 0 bridgehead atoms. The molecule has 3 heterocycles. The highest BCUT2D eigenvalue weighted by Crippen LogP contribution is 2.27. The Morgan fingerprint density at radius 1 is 1.33 bits per heavy atom. The molecule has 188 valence electrons. The lowest BCUT2D eigenvalue weighted by Crippen LogP contribution is -2.31. The van der Waals surface area contributed by atoms with Gasteiger partial charge in [0.25, 0.3) is 5.91 Å². The Kier molecular flexibility index (Phi) is 8.18. The number of carbonyl (C=O) groups excluding carboxylic acids is 2. The highest BCUT2D eigenvalue weighted by Gasteiger charge is 2.23. The monoisotopic (exact) mass is 506 g/mol. The molecule has 1 aromatic carbocycles. The number of hydrogen-bond donors (Lipinski definition) is 3. The molecule has 1 aromatic heterocycles. The summed E-state index contributed by atoms with van der Waals surface area (Å²) in [5.41, 5.74) is 3.64. The third-order valence-corrected chi connectivity index (χ3v) is 6.82. The zero-order valence-corrected chi connectivity index (χ0v) is 21.4. The number of benzene rings is 1. The van der Waals surface area contributed by atoms with Crippen molar-refractivity contribution >= 4 is 40.6 Å². The number of rotatable bonds is 7. The number of nitrogens with zero attached hydrogens (tertiary/aromatic N) is 3. The highest BCUT2D eigenvalue weighted by molar-refractivity contribution is 6.31. The van der Waals surface area contributed by atoms with Crippen molar-refractivity contribution in [1.82, 2.24) is 25.5 Å². The van der Waals surface area contributed by atoms with Crippen LogP contribution in [0.3, 0.4) is 0 Å². The van der Waals surface area contributed by atoms with Crippen LogP contribution in [0.25, 0.3) is 5.57 Å². The number of halogens is 1. The van der Waals surface area contributed by atoms with Gasteiger partial charge in [0.15, 0.2) is 0 Å². The summed E-state index contributed by atoms with van der Waals surface area (Å²) in [5.74, 6) is 0.0878. The lowest BCUT2D eigenvalue weighted by molar-refractivity contribution is -0.119. The maximum atomic E-state index is 12.5. The van der Waals surface area contributed by atoms with E-state index in [9.17, 15) is 9.59 Å². The van der Waals surface area contributed by atoms with Gasteiger partial charge in [0.1, 0.15) is 0 Å². The van der Waals surface area contributed by atoms with E-state index < -0.39 is 0 Å². The Morgan fingerprint density at radius 3 is 2.81 bits per heavy atom. The van der Waals surface area contributed by atoms with Gasteiger partial charge in [-0.2, -0.15) is 0 Å². The molecule has 1 saturated heterocycles. The SMILES string of the molecule is C=C1/C(=C\C(Cl)=C/C)NC(=O)Cc2cnc(Nc3ccc(C(=O)NCCC4CCCN4C)cc3)nc21. The predicted octanol–water partition coefficient (Wildman–Crippen LogP) is 4.15. The van der Waals surface area contributed by atoms with Crippen LogP contribution >= 0.6 is 11.6 Å². The topological polar surface area (TPSA) is 99.2 Å². The summed E-state index contributed by atoms with van der Waals surface area (Å²) >= 11 is 6.15. The third kappa shape index (κ3) is 6.19. The molecule has 0 saturated carbocycles. The summed E-state index contributed by atoms with van der Waals surface area (Å²) < 4.78 is 0. The third-order valence-electron chi connectivity index (χ3n) is 6.50. The molecule has 0 spiro atoms. The van der Waals surface area contributed by atoms with Crippen molar-refractivity contribution in [3.05, 3.63) is 76.7 Å². The van der Waals surface area contributed by atoms with Crippen molar-refractivity contribution in [3.8, 4) is 0 Å². The van der Waals surface area contributed by atoms with Crippen LogP contribution in [0.5, 0.6) is 0 Å². The molecule has 1 unspecified atom stereocenters. The van der Waals surface area contributed by atoms with Crippen LogP contribution in [-0.2, 0) is 11.2 Å². The van der Waals surface area contributed by atoms with Gasteiger partial charge in [0, 0.05) is 46.2 Å². The predicted molar refractivity (Wildman–Crippen MR) is 143 cm³/mol. The Hall–Kier alpha value is -3.49. The first-order valence-electron chi connectivity index (χ1n) is 12.1. The number of aromatic nitrogens is 2. The molecule has 2 aromatic rings. The fourth-order valence-corrected chi connectivity index (χ4v) is 4.51. The Balaban J connectivity index is 1.42. The van der Waals surface area contributed by atoms with Crippen LogP contribution in [0, 0.1) is 0 Å². The van der Waals surface area contributed by atoms with E-state index >= 15 is 0 Å². The van der Waals surface area contributed by atoms with E-state index in [0.29, 0.717) is 51.7 Å². The van der Waals surface area contributed by atoms with E-state index in [1.807, 2.05) is 19.1 Å². The van der Waals surface area contributed by atoms with E-state index in [-0.39, 0.29) is 18.2 Å². The second-order valence-corrected chi connectivity index (χ2v) is 9.46. The molecule has 3 N–H and O–H groups in total. The lowest BCUT2D eigenvalue weighted by atomic mass is 10.1. The highest BCUT2D eigenvalue weighted by atomic mass is 35.5. The number of likely N-dealkylation sites (tertiary alicyclic amines) is 1. The Labute approximate surface area is 216 Å². The first kappa shape index (κ1) is 25.6.